The van der Waals surface area contributed by atoms with Crippen LogP contribution in [0.15, 0.2) is 23.9 Å². The van der Waals surface area contributed by atoms with E-state index in [0.717, 1.165) is 22.0 Å². The average molecular weight is 429 g/mol. The fourth-order valence-electron chi connectivity index (χ4n) is 2.79. The van der Waals surface area contributed by atoms with Crippen molar-refractivity contribution in [1.82, 2.24) is 9.78 Å². The molecule has 0 N–H and O–H groups in total. The molecular formula is C20H20ClF3N2O3. The lowest BCUT2D eigenvalue weighted by Gasteiger charge is -2.15. The molecule has 29 heavy (non-hydrogen) atoms. The summed E-state index contributed by atoms with van der Waals surface area (Å²) in [6.45, 7) is 9.07. The van der Waals surface area contributed by atoms with Crippen molar-refractivity contribution in [3.8, 4) is 5.88 Å². The molecule has 0 saturated heterocycles. The van der Waals surface area contributed by atoms with Crippen molar-refractivity contribution >= 4 is 28.9 Å². The van der Waals surface area contributed by atoms with E-state index in [1.807, 2.05) is 20.8 Å². The van der Waals surface area contributed by atoms with Gasteiger partial charge >= 0.3 is 12.1 Å². The molecule has 0 amide bonds. The third kappa shape index (κ3) is 4.53. The molecule has 0 bridgehead atoms. The van der Waals surface area contributed by atoms with Crippen LogP contribution in [0.25, 0.3) is 5.57 Å². The summed E-state index contributed by atoms with van der Waals surface area (Å²) in [6.07, 6.45) is -4.11. The zero-order valence-electron chi connectivity index (χ0n) is 16.6. The van der Waals surface area contributed by atoms with Gasteiger partial charge in [-0.1, -0.05) is 17.2 Å². The number of ketones is 1. The summed E-state index contributed by atoms with van der Waals surface area (Å²) in [5.74, 6) is -3.59. The molecule has 1 aromatic heterocycles. The molecule has 2 rings (SSSR count). The summed E-state index contributed by atoms with van der Waals surface area (Å²) in [5.41, 5.74) is 3.11. The predicted octanol–water partition coefficient (Wildman–Crippen LogP) is 5.38. The highest BCUT2D eigenvalue weighted by Gasteiger charge is 2.42. The minimum Gasteiger partial charge on any atom is -0.400 e. The standard InChI is InChI=1S/C20H20ClF3N2O3/c1-6-26-18(29-19(28)20(22,23)24)14(9-25-26)17(27)13-7-8-15(21)16(12(13)5)11(4)10(2)3/h7-9H,6H2,1-5H3. The summed E-state index contributed by atoms with van der Waals surface area (Å²) in [4.78, 5) is 24.4. The minimum atomic E-state index is -5.20. The summed E-state index contributed by atoms with van der Waals surface area (Å²) < 4.78 is 43.4. The number of hydrogen-bond donors (Lipinski definition) is 0. The predicted molar refractivity (Wildman–Crippen MR) is 103 cm³/mol. The SMILES string of the molecule is CCn1ncc(C(=O)c2ccc(Cl)c(C(C)=C(C)C)c2C)c1OC(=O)C(F)(F)F. The van der Waals surface area contributed by atoms with Gasteiger partial charge in [-0.15, -0.1) is 0 Å². The molecule has 9 heteroatoms. The van der Waals surface area contributed by atoms with Crippen molar-refractivity contribution < 1.29 is 27.5 Å². The van der Waals surface area contributed by atoms with E-state index < -0.39 is 23.8 Å². The van der Waals surface area contributed by atoms with Crippen LogP contribution in [0, 0.1) is 6.92 Å². The third-order valence-corrected chi connectivity index (χ3v) is 4.85. The fraction of sp³-hybridized carbons (Fsp3) is 0.350. The van der Waals surface area contributed by atoms with Crippen molar-refractivity contribution in [1.29, 1.82) is 0 Å². The van der Waals surface area contributed by atoms with E-state index in [0.29, 0.717) is 16.1 Å². The second-order valence-electron chi connectivity index (χ2n) is 6.62. The molecule has 1 heterocycles. The lowest BCUT2D eigenvalue weighted by atomic mass is 9.92. The van der Waals surface area contributed by atoms with Gasteiger partial charge in [0.2, 0.25) is 5.88 Å². The number of carbonyl (C=O) groups excluding carboxylic acids is 2. The Morgan fingerprint density at radius 3 is 2.31 bits per heavy atom. The molecule has 2 aromatic rings. The Morgan fingerprint density at radius 2 is 1.79 bits per heavy atom. The normalized spacial score (nSPS) is 11.3. The van der Waals surface area contributed by atoms with Gasteiger partial charge in [0.25, 0.3) is 0 Å². The van der Waals surface area contributed by atoms with Gasteiger partial charge in [0, 0.05) is 17.1 Å². The van der Waals surface area contributed by atoms with Gasteiger partial charge < -0.3 is 4.74 Å². The zero-order chi connectivity index (χ0) is 22.1. The number of carbonyl (C=O) groups is 2. The van der Waals surface area contributed by atoms with Gasteiger partial charge in [-0.25, -0.2) is 9.48 Å². The highest BCUT2D eigenvalue weighted by atomic mass is 35.5. The maximum atomic E-state index is 13.1. The largest absolute Gasteiger partial charge is 0.491 e. The monoisotopic (exact) mass is 428 g/mol. The lowest BCUT2D eigenvalue weighted by molar-refractivity contribution is -0.190. The number of rotatable bonds is 5. The Balaban J connectivity index is 2.60. The topological polar surface area (TPSA) is 61.2 Å². The zero-order valence-corrected chi connectivity index (χ0v) is 17.3. The van der Waals surface area contributed by atoms with Crippen molar-refractivity contribution in [3.63, 3.8) is 0 Å². The van der Waals surface area contributed by atoms with Crippen LogP contribution in [-0.4, -0.2) is 27.7 Å². The van der Waals surface area contributed by atoms with E-state index in [2.05, 4.69) is 9.84 Å². The molecule has 0 aliphatic rings. The molecule has 0 spiro atoms. The number of ether oxygens (including phenoxy) is 1. The Bertz CT molecular complexity index is 1000. The highest BCUT2D eigenvalue weighted by Crippen LogP contribution is 2.33. The summed E-state index contributed by atoms with van der Waals surface area (Å²) in [5, 5.41) is 4.31. The molecule has 0 unspecified atom stereocenters. The maximum absolute atomic E-state index is 13.1. The van der Waals surface area contributed by atoms with Crippen LogP contribution >= 0.6 is 11.6 Å². The smallest absolute Gasteiger partial charge is 0.400 e. The van der Waals surface area contributed by atoms with Gasteiger partial charge in [0.05, 0.1) is 6.20 Å². The van der Waals surface area contributed by atoms with Crippen LogP contribution in [-0.2, 0) is 11.3 Å². The van der Waals surface area contributed by atoms with Crippen LogP contribution in [0.5, 0.6) is 5.88 Å². The Kier molecular flexibility index (Phi) is 6.57. The second-order valence-corrected chi connectivity index (χ2v) is 7.02. The lowest BCUT2D eigenvalue weighted by Crippen LogP contribution is -2.29. The molecule has 0 aliphatic heterocycles. The summed E-state index contributed by atoms with van der Waals surface area (Å²) in [6, 6.07) is 3.04. The van der Waals surface area contributed by atoms with E-state index in [1.54, 1.807) is 19.9 Å². The number of benzene rings is 1. The van der Waals surface area contributed by atoms with Crippen LogP contribution in [0.2, 0.25) is 5.02 Å². The number of aromatic nitrogens is 2. The van der Waals surface area contributed by atoms with Gasteiger partial charge in [0.15, 0.2) is 5.78 Å². The van der Waals surface area contributed by atoms with E-state index in [1.165, 1.54) is 6.07 Å². The van der Waals surface area contributed by atoms with Crippen LogP contribution in [0.1, 0.15) is 54.7 Å². The van der Waals surface area contributed by atoms with Crippen LogP contribution in [0.3, 0.4) is 0 Å². The number of alkyl halides is 3. The Hall–Kier alpha value is -2.61. The molecule has 0 atom stereocenters. The molecular weight excluding hydrogens is 409 g/mol. The van der Waals surface area contributed by atoms with Crippen LogP contribution in [0.4, 0.5) is 13.2 Å². The first-order valence-electron chi connectivity index (χ1n) is 8.73. The van der Waals surface area contributed by atoms with E-state index >= 15 is 0 Å². The number of allylic oxidation sites excluding steroid dienone is 2. The van der Waals surface area contributed by atoms with Crippen molar-refractivity contribution in [2.24, 2.45) is 0 Å². The molecule has 156 valence electrons. The van der Waals surface area contributed by atoms with Gasteiger partial charge in [-0.05, 0) is 63.5 Å². The number of hydrogen-bond acceptors (Lipinski definition) is 4. The summed E-state index contributed by atoms with van der Waals surface area (Å²) in [7, 11) is 0. The number of halogens is 4. The molecule has 0 saturated carbocycles. The second kappa shape index (κ2) is 8.41. The molecule has 0 aliphatic carbocycles. The van der Waals surface area contributed by atoms with E-state index in [9.17, 15) is 22.8 Å². The summed E-state index contributed by atoms with van der Waals surface area (Å²) >= 11 is 6.31. The van der Waals surface area contributed by atoms with Crippen molar-refractivity contribution in [2.45, 2.75) is 47.3 Å². The first kappa shape index (κ1) is 22.7. The maximum Gasteiger partial charge on any atom is 0.491 e. The van der Waals surface area contributed by atoms with Crippen molar-refractivity contribution in [2.75, 3.05) is 0 Å². The van der Waals surface area contributed by atoms with Gasteiger partial charge in [-0.3, -0.25) is 4.79 Å². The van der Waals surface area contributed by atoms with Gasteiger partial charge in [-0.2, -0.15) is 18.3 Å². The van der Waals surface area contributed by atoms with Crippen LogP contribution < -0.4 is 4.74 Å². The third-order valence-electron chi connectivity index (χ3n) is 4.54. The molecule has 5 nitrogen and oxygen atoms in total. The first-order valence-corrected chi connectivity index (χ1v) is 9.10. The van der Waals surface area contributed by atoms with E-state index in [4.69, 9.17) is 11.6 Å². The molecule has 0 radical (unpaired) electrons. The fourth-order valence-corrected chi connectivity index (χ4v) is 3.13. The van der Waals surface area contributed by atoms with E-state index in [-0.39, 0.29) is 17.7 Å². The molecule has 1 aromatic carbocycles. The number of aryl methyl sites for hydroxylation is 1. The van der Waals surface area contributed by atoms with Gasteiger partial charge in [0.1, 0.15) is 5.56 Å². The number of nitrogens with zero attached hydrogens (tertiary/aromatic N) is 2. The average Bonchev–Trinajstić information content (AvgIpc) is 3.02. The first-order chi connectivity index (χ1) is 13.4. The molecule has 0 fully saturated rings. The van der Waals surface area contributed by atoms with Crippen molar-refractivity contribution in [3.05, 3.63) is 51.2 Å². The quantitative estimate of drug-likeness (QED) is 0.474. The highest BCUT2D eigenvalue weighted by molar-refractivity contribution is 6.32. The Labute approximate surface area is 171 Å². The number of esters is 1. The minimum absolute atomic E-state index is 0.107. The Morgan fingerprint density at radius 1 is 1.17 bits per heavy atom.